The van der Waals surface area contributed by atoms with Crippen LogP contribution in [0.25, 0.3) is 0 Å². The third kappa shape index (κ3) is 2.60. The molecule has 0 saturated carbocycles. The fourth-order valence-electron chi connectivity index (χ4n) is 2.75. The molecule has 2 heterocycles. The zero-order chi connectivity index (χ0) is 13.1. The van der Waals surface area contributed by atoms with Gasteiger partial charge in [-0.05, 0) is 30.9 Å². The average molecular weight is 258 g/mol. The van der Waals surface area contributed by atoms with Crippen molar-refractivity contribution < 1.29 is 9.47 Å². The zero-order valence-corrected chi connectivity index (χ0v) is 11.0. The summed E-state index contributed by atoms with van der Waals surface area (Å²) in [6.07, 6.45) is 2.89. The molecule has 0 radical (unpaired) electrons. The van der Waals surface area contributed by atoms with Gasteiger partial charge in [0.1, 0.15) is 13.2 Å². The summed E-state index contributed by atoms with van der Waals surface area (Å²) in [7, 11) is 0. The van der Waals surface area contributed by atoms with Crippen molar-refractivity contribution in [1.82, 2.24) is 0 Å². The molecule has 4 nitrogen and oxygen atoms in total. The van der Waals surface area contributed by atoms with Crippen LogP contribution in [0, 0.1) is 17.2 Å². The molecule has 0 aromatic heterocycles. The van der Waals surface area contributed by atoms with E-state index in [2.05, 4.69) is 23.1 Å². The number of piperidine rings is 1. The van der Waals surface area contributed by atoms with E-state index < -0.39 is 0 Å². The molecule has 2 aliphatic rings. The van der Waals surface area contributed by atoms with E-state index in [0.717, 1.165) is 37.4 Å². The number of hydrogen-bond donors (Lipinski definition) is 0. The Kier molecular flexibility index (Phi) is 3.45. The molecule has 100 valence electrons. The molecule has 4 heteroatoms. The van der Waals surface area contributed by atoms with Gasteiger partial charge in [-0.3, -0.25) is 0 Å². The number of nitrogens with zero attached hydrogens (tertiary/aromatic N) is 2. The van der Waals surface area contributed by atoms with E-state index in [0.29, 0.717) is 25.6 Å². The minimum atomic E-state index is 0.568. The zero-order valence-electron chi connectivity index (χ0n) is 11.0. The van der Waals surface area contributed by atoms with Crippen LogP contribution in [0.15, 0.2) is 18.2 Å². The molecular weight excluding hydrogens is 240 g/mol. The molecule has 1 saturated heterocycles. The van der Waals surface area contributed by atoms with Gasteiger partial charge in [0, 0.05) is 31.3 Å². The van der Waals surface area contributed by atoms with E-state index >= 15 is 0 Å². The van der Waals surface area contributed by atoms with Crippen LogP contribution in [0.3, 0.4) is 0 Å². The van der Waals surface area contributed by atoms with Gasteiger partial charge in [0.2, 0.25) is 0 Å². The summed E-state index contributed by atoms with van der Waals surface area (Å²) >= 11 is 0. The molecule has 0 N–H and O–H groups in total. The lowest BCUT2D eigenvalue weighted by Gasteiger charge is -2.33. The van der Waals surface area contributed by atoms with Gasteiger partial charge < -0.3 is 14.4 Å². The molecule has 1 aromatic rings. The Balaban J connectivity index is 1.68. The van der Waals surface area contributed by atoms with Crippen molar-refractivity contribution in [3.63, 3.8) is 0 Å². The summed E-state index contributed by atoms with van der Waals surface area (Å²) in [5.41, 5.74) is 1.19. The van der Waals surface area contributed by atoms with Crippen molar-refractivity contribution in [2.75, 3.05) is 31.2 Å². The van der Waals surface area contributed by atoms with Crippen LogP contribution in [0.1, 0.15) is 19.3 Å². The van der Waals surface area contributed by atoms with E-state index in [-0.39, 0.29) is 0 Å². The third-order valence-electron chi connectivity index (χ3n) is 3.89. The first-order chi connectivity index (χ1) is 9.36. The van der Waals surface area contributed by atoms with Gasteiger partial charge in [-0.2, -0.15) is 5.26 Å². The maximum Gasteiger partial charge on any atom is 0.163 e. The minimum Gasteiger partial charge on any atom is -0.486 e. The van der Waals surface area contributed by atoms with E-state index in [4.69, 9.17) is 14.7 Å². The molecule has 2 aliphatic heterocycles. The van der Waals surface area contributed by atoms with Crippen molar-refractivity contribution in [1.29, 1.82) is 5.26 Å². The number of benzene rings is 1. The highest BCUT2D eigenvalue weighted by molar-refractivity contribution is 5.57. The molecule has 1 fully saturated rings. The molecule has 0 aliphatic carbocycles. The van der Waals surface area contributed by atoms with E-state index in [9.17, 15) is 0 Å². The number of nitriles is 1. The van der Waals surface area contributed by atoms with Crippen LogP contribution in [0.5, 0.6) is 11.5 Å². The van der Waals surface area contributed by atoms with Gasteiger partial charge in [0.15, 0.2) is 11.5 Å². The van der Waals surface area contributed by atoms with Crippen LogP contribution >= 0.6 is 0 Å². The van der Waals surface area contributed by atoms with Gasteiger partial charge in [0.05, 0.1) is 6.07 Å². The standard InChI is InChI=1S/C15H18N2O2/c16-6-3-12-4-7-17(8-5-12)13-1-2-14-15(11-13)19-10-9-18-14/h1-2,11-12H,3-5,7-10H2. The van der Waals surface area contributed by atoms with Crippen molar-refractivity contribution in [2.24, 2.45) is 5.92 Å². The summed E-state index contributed by atoms with van der Waals surface area (Å²) < 4.78 is 11.2. The average Bonchev–Trinajstić information content (AvgIpc) is 2.48. The number of rotatable bonds is 2. The fraction of sp³-hybridized carbons (Fsp3) is 0.533. The molecular formula is C15H18N2O2. The lowest BCUT2D eigenvalue weighted by molar-refractivity contribution is 0.171. The molecule has 0 atom stereocenters. The van der Waals surface area contributed by atoms with Gasteiger partial charge in [-0.25, -0.2) is 0 Å². The van der Waals surface area contributed by atoms with Gasteiger partial charge in [-0.15, -0.1) is 0 Å². The lowest BCUT2D eigenvalue weighted by atomic mass is 9.94. The van der Waals surface area contributed by atoms with Crippen molar-refractivity contribution >= 4 is 5.69 Å². The molecule has 3 rings (SSSR count). The predicted octanol–water partition coefficient (Wildman–Crippen LogP) is 2.59. The second-order valence-corrected chi connectivity index (χ2v) is 5.12. The van der Waals surface area contributed by atoms with Gasteiger partial charge in [0.25, 0.3) is 0 Å². The summed E-state index contributed by atoms with van der Waals surface area (Å²) in [4.78, 5) is 2.37. The summed E-state index contributed by atoms with van der Waals surface area (Å²) in [5.74, 6) is 2.26. The Morgan fingerprint density at radius 1 is 1.16 bits per heavy atom. The normalized spacial score (nSPS) is 19.0. The van der Waals surface area contributed by atoms with Crippen LogP contribution in [-0.2, 0) is 0 Å². The number of ether oxygens (including phenoxy) is 2. The topological polar surface area (TPSA) is 45.5 Å². The van der Waals surface area contributed by atoms with Crippen LogP contribution in [0.2, 0.25) is 0 Å². The van der Waals surface area contributed by atoms with Crippen LogP contribution in [-0.4, -0.2) is 26.3 Å². The molecule has 0 unspecified atom stereocenters. The largest absolute Gasteiger partial charge is 0.486 e. The van der Waals surface area contributed by atoms with Crippen molar-refractivity contribution in [2.45, 2.75) is 19.3 Å². The van der Waals surface area contributed by atoms with Crippen LogP contribution < -0.4 is 14.4 Å². The highest BCUT2D eigenvalue weighted by Gasteiger charge is 2.20. The monoisotopic (exact) mass is 258 g/mol. The molecule has 0 bridgehead atoms. The maximum atomic E-state index is 8.74. The van der Waals surface area contributed by atoms with E-state index in [1.165, 1.54) is 5.69 Å². The molecule has 19 heavy (non-hydrogen) atoms. The van der Waals surface area contributed by atoms with Crippen LogP contribution in [0.4, 0.5) is 5.69 Å². The number of anilines is 1. The predicted molar refractivity (Wildman–Crippen MR) is 72.6 cm³/mol. The van der Waals surface area contributed by atoms with Gasteiger partial charge in [-0.1, -0.05) is 0 Å². The summed E-state index contributed by atoms with van der Waals surface area (Å²) in [6, 6.07) is 8.43. The number of hydrogen-bond acceptors (Lipinski definition) is 4. The third-order valence-corrected chi connectivity index (χ3v) is 3.89. The van der Waals surface area contributed by atoms with E-state index in [1.807, 2.05) is 6.07 Å². The Morgan fingerprint density at radius 3 is 2.63 bits per heavy atom. The lowest BCUT2D eigenvalue weighted by Crippen LogP contribution is -2.33. The quantitative estimate of drug-likeness (QED) is 0.818. The summed E-state index contributed by atoms with van der Waals surface area (Å²) in [6.45, 7) is 3.30. The smallest absolute Gasteiger partial charge is 0.163 e. The highest BCUT2D eigenvalue weighted by Crippen LogP contribution is 2.35. The first kappa shape index (κ1) is 12.2. The molecule has 1 aromatic carbocycles. The Labute approximate surface area is 113 Å². The maximum absolute atomic E-state index is 8.74. The SMILES string of the molecule is N#CCC1CCN(c2ccc3c(c2)OCCO3)CC1. The van der Waals surface area contributed by atoms with Gasteiger partial charge >= 0.3 is 0 Å². The first-order valence-corrected chi connectivity index (χ1v) is 6.88. The Morgan fingerprint density at radius 2 is 1.89 bits per heavy atom. The summed E-state index contributed by atoms with van der Waals surface area (Å²) in [5, 5.41) is 8.74. The second kappa shape index (κ2) is 5.40. The minimum absolute atomic E-state index is 0.568. The molecule has 0 amide bonds. The second-order valence-electron chi connectivity index (χ2n) is 5.12. The van der Waals surface area contributed by atoms with Crippen molar-refractivity contribution in [3.8, 4) is 17.6 Å². The fourth-order valence-corrected chi connectivity index (χ4v) is 2.75. The number of fused-ring (bicyclic) bond motifs is 1. The molecule has 0 spiro atoms. The Hall–Kier alpha value is -1.89. The van der Waals surface area contributed by atoms with E-state index in [1.54, 1.807) is 0 Å². The Bertz CT molecular complexity index is 487. The highest BCUT2D eigenvalue weighted by atomic mass is 16.6. The first-order valence-electron chi connectivity index (χ1n) is 6.88. The van der Waals surface area contributed by atoms with Crippen molar-refractivity contribution in [3.05, 3.63) is 18.2 Å².